The molecule has 1 atom stereocenters. The normalized spacial score (nSPS) is 13.3. The highest BCUT2D eigenvalue weighted by molar-refractivity contribution is 5.27. The Bertz CT molecular complexity index is 362. The molecule has 0 aliphatic heterocycles. The molecule has 0 radical (unpaired) electrons. The molecule has 1 rings (SSSR count). The van der Waals surface area contributed by atoms with Crippen molar-refractivity contribution >= 4 is 0 Å². The number of benzene rings is 1. The van der Waals surface area contributed by atoms with Crippen LogP contribution in [0.1, 0.15) is 38.2 Å². The Balaban J connectivity index is 2.36. The SMILES string of the molecule is CCCC(N)CCCc1ccc(OC(F)(F)F)cc1. The maximum absolute atomic E-state index is 12.0. The van der Waals surface area contributed by atoms with Gasteiger partial charge in [-0.3, -0.25) is 0 Å². The summed E-state index contributed by atoms with van der Waals surface area (Å²) in [5.74, 6) is -0.182. The van der Waals surface area contributed by atoms with Crippen LogP contribution >= 0.6 is 0 Å². The lowest BCUT2D eigenvalue weighted by atomic mass is 10.0. The van der Waals surface area contributed by atoms with Gasteiger partial charge in [0.2, 0.25) is 0 Å². The smallest absolute Gasteiger partial charge is 0.406 e. The van der Waals surface area contributed by atoms with Crippen molar-refractivity contribution in [3.8, 4) is 5.75 Å². The third kappa shape index (κ3) is 7.06. The van der Waals surface area contributed by atoms with Gasteiger partial charge in [-0.1, -0.05) is 25.5 Å². The Morgan fingerprint density at radius 2 is 1.79 bits per heavy atom. The molecule has 0 spiro atoms. The van der Waals surface area contributed by atoms with Crippen molar-refractivity contribution in [1.82, 2.24) is 0 Å². The molecule has 2 nitrogen and oxygen atoms in total. The summed E-state index contributed by atoms with van der Waals surface area (Å²) in [4.78, 5) is 0. The molecule has 1 aromatic rings. The highest BCUT2D eigenvalue weighted by Gasteiger charge is 2.30. The molecule has 0 fully saturated rings. The van der Waals surface area contributed by atoms with Crippen molar-refractivity contribution in [3.63, 3.8) is 0 Å². The second-order valence-electron chi connectivity index (χ2n) is 4.63. The van der Waals surface area contributed by atoms with Crippen LogP contribution in [0.3, 0.4) is 0 Å². The molecular formula is C14H20F3NO. The topological polar surface area (TPSA) is 35.2 Å². The van der Waals surface area contributed by atoms with Crippen molar-refractivity contribution in [2.45, 2.75) is 51.4 Å². The zero-order valence-electron chi connectivity index (χ0n) is 11.0. The first-order valence-corrected chi connectivity index (χ1v) is 6.51. The summed E-state index contributed by atoms with van der Waals surface area (Å²) in [7, 11) is 0. The second kappa shape index (κ2) is 7.38. The molecule has 0 aliphatic carbocycles. The molecule has 0 amide bonds. The average molecular weight is 275 g/mol. The number of rotatable bonds is 7. The van der Waals surface area contributed by atoms with Crippen molar-refractivity contribution in [2.24, 2.45) is 5.73 Å². The van der Waals surface area contributed by atoms with E-state index in [2.05, 4.69) is 11.7 Å². The van der Waals surface area contributed by atoms with Gasteiger partial charge in [-0.15, -0.1) is 13.2 Å². The van der Waals surface area contributed by atoms with Crippen molar-refractivity contribution in [3.05, 3.63) is 29.8 Å². The minimum atomic E-state index is -4.63. The van der Waals surface area contributed by atoms with Gasteiger partial charge in [-0.25, -0.2) is 0 Å². The fourth-order valence-electron chi connectivity index (χ4n) is 1.94. The predicted octanol–water partition coefficient (Wildman–Crippen LogP) is 4.04. The molecule has 0 saturated carbocycles. The third-order valence-electron chi connectivity index (χ3n) is 2.86. The molecule has 2 N–H and O–H groups in total. The average Bonchev–Trinajstić information content (AvgIpc) is 2.30. The minimum Gasteiger partial charge on any atom is -0.406 e. The summed E-state index contributed by atoms with van der Waals surface area (Å²) < 4.78 is 39.7. The largest absolute Gasteiger partial charge is 0.573 e. The predicted molar refractivity (Wildman–Crippen MR) is 68.9 cm³/mol. The standard InChI is InChI=1S/C14H20F3NO/c1-2-4-12(18)6-3-5-11-7-9-13(10-8-11)19-14(15,16)17/h7-10,12H,2-6,18H2,1H3. The minimum absolute atomic E-state index is 0.182. The van der Waals surface area contributed by atoms with Crippen LogP contribution in [-0.2, 0) is 6.42 Å². The molecule has 19 heavy (non-hydrogen) atoms. The zero-order valence-corrected chi connectivity index (χ0v) is 11.0. The monoisotopic (exact) mass is 275 g/mol. The van der Waals surface area contributed by atoms with E-state index in [9.17, 15) is 13.2 Å². The van der Waals surface area contributed by atoms with Gasteiger partial charge in [-0.2, -0.15) is 0 Å². The lowest BCUT2D eigenvalue weighted by Gasteiger charge is -2.11. The highest BCUT2D eigenvalue weighted by atomic mass is 19.4. The van der Waals surface area contributed by atoms with Crippen LogP contribution in [0.4, 0.5) is 13.2 Å². The first-order chi connectivity index (χ1) is 8.90. The maximum Gasteiger partial charge on any atom is 0.573 e. The molecule has 0 aliphatic rings. The summed E-state index contributed by atoms with van der Waals surface area (Å²) in [6.45, 7) is 2.10. The van der Waals surface area contributed by atoms with Gasteiger partial charge in [0.15, 0.2) is 0 Å². The third-order valence-corrected chi connectivity index (χ3v) is 2.86. The van der Waals surface area contributed by atoms with E-state index >= 15 is 0 Å². The van der Waals surface area contributed by atoms with Gasteiger partial charge in [0.05, 0.1) is 0 Å². The van der Waals surface area contributed by atoms with Crippen molar-refractivity contribution in [2.75, 3.05) is 0 Å². The molecule has 0 bridgehead atoms. The van der Waals surface area contributed by atoms with E-state index in [1.54, 1.807) is 12.1 Å². The summed E-state index contributed by atoms with van der Waals surface area (Å²) in [6, 6.07) is 6.22. The van der Waals surface area contributed by atoms with Crippen LogP contribution in [-0.4, -0.2) is 12.4 Å². The molecule has 0 heterocycles. The summed E-state index contributed by atoms with van der Waals surface area (Å²) in [5, 5.41) is 0. The Hall–Kier alpha value is -1.23. The highest BCUT2D eigenvalue weighted by Crippen LogP contribution is 2.23. The molecule has 1 unspecified atom stereocenters. The van der Waals surface area contributed by atoms with E-state index in [1.165, 1.54) is 12.1 Å². The van der Waals surface area contributed by atoms with E-state index in [0.717, 1.165) is 37.7 Å². The number of aryl methyl sites for hydroxylation is 1. The first kappa shape index (κ1) is 15.8. The van der Waals surface area contributed by atoms with Gasteiger partial charge in [0.25, 0.3) is 0 Å². The summed E-state index contributed by atoms with van der Waals surface area (Å²) >= 11 is 0. The molecule has 1 aromatic carbocycles. The lowest BCUT2D eigenvalue weighted by molar-refractivity contribution is -0.274. The second-order valence-corrected chi connectivity index (χ2v) is 4.63. The summed E-state index contributed by atoms with van der Waals surface area (Å²) in [5.41, 5.74) is 6.90. The molecule has 0 saturated heterocycles. The van der Waals surface area contributed by atoms with Gasteiger partial charge >= 0.3 is 6.36 Å². The Morgan fingerprint density at radius 3 is 2.32 bits per heavy atom. The van der Waals surface area contributed by atoms with E-state index in [-0.39, 0.29) is 11.8 Å². The van der Waals surface area contributed by atoms with E-state index < -0.39 is 6.36 Å². The lowest BCUT2D eigenvalue weighted by Crippen LogP contribution is -2.19. The van der Waals surface area contributed by atoms with Crippen molar-refractivity contribution < 1.29 is 17.9 Å². The number of halogens is 3. The van der Waals surface area contributed by atoms with Gasteiger partial charge in [0, 0.05) is 6.04 Å². The fraction of sp³-hybridized carbons (Fsp3) is 0.571. The molecular weight excluding hydrogens is 255 g/mol. The van der Waals surface area contributed by atoms with E-state index in [1.807, 2.05) is 0 Å². The fourth-order valence-corrected chi connectivity index (χ4v) is 1.94. The van der Waals surface area contributed by atoms with Crippen LogP contribution in [0.15, 0.2) is 24.3 Å². The maximum atomic E-state index is 12.0. The van der Waals surface area contributed by atoms with E-state index in [4.69, 9.17) is 5.73 Å². The van der Waals surface area contributed by atoms with Crippen LogP contribution < -0.4 is 10.5 Å². The van der Waals surface area contributed by atoms with Crippen LogP contribution in [0.5, 0.6) is 5.75 Å². The van der Waals surface area contributed by atoms with Crippen LogP contribution in [0.2, 0.25) is 0 Å². The number of alkyl halides is 3. The Labute approximate surface area is 111 Å². The Kier molecular flexibility index (Phi) is 6.15. The number of nitrogens with two attached hydrogens (primary N) is 1. The van der Waals surface area contributed by atoms with Gasteiger partial charge in [-0.05, 0) is 43.4 Å². The zero-order chi connectivity index (χ0) is 14.3. The van der Waals surface area contributed by atoms with Gasteiger partial charge in [0.1, 0.15) is 5.75 Å². The number of hydrogen-bond donors (Lipinski definition) is 1. The molecule has 5 heteroatoms. The number of hydrogen-bond acceptors (Lipinski definition) is 2. The first-order valence-electron chi connectivity index (χ1n) is 6.51. The quantitative estimate of drug-likeness (QED) is 0.815. The van der Waals surface area contributed by atoms with Crippen LogP contribution in [0.25, 0.3) is 0 Å². The number of ether oxygens (including phenoxy) is 1. The van der Waals surface area contributed by atoms with E-state index in [0.29, 0.717) is 0 Å². The van der Waals surface area contributed by atoms with Gasteiger partial charge < -0.3 is 10.5 Å². The molecule has 0 aromatic heterocycles. The van der Waals surface area contributed by atoms with Crippen LogP contribution in [0, 0.1) is 0 Å². The molecule has 108 valence electrons. The Morgan fingerprint density at radius 1 is 1.16 bits per heavy atom. The van der Waals surface area contributed by atoms with Crippen molar-refractivity contribution in [1.29, 1.82) is 0 Å². The summed E-state index contributed by atoms with van der Waals surface area (Å²) in [6.07, 6.45) is 0.163.